The molecule has 0 saturated heterocycles. The number of hydrogen-bond donors (Lipinski definition) is 4. The van der Waals surface area contributed by atoms with Crippen molar-refractivity contribution in [2.45, 2.75) is 32.1 Å². The number of carboxylic acid groups (broad SMARTS) is 2. The van der Waals surface area contributed by atoms with Gasteiger partial charge in [-0.1, -0.05) is 0 Å². The van der Waals surface area contributed by atoms with E-state index in [1.165, 1.54) is 0 Å². The average Bonchev–Trinajstić information content (AvgIpc) is 2.38. The zero-order chi connectivity index (χ0) is 14.1. The molecule has 0 amide bonds. The molecule has 0 radical (unpaired) electrons. The second-order valence-corrected chi connectivity index (χ2v) is 5.15. The molecule has 110 valence electrons. The fourth-order valence-electron chi connectivity index (χ4n) is 2.42. The second-order valence-electron chi connectivity index (χ2n) is 5.15. The Labute approximate surface area is 113 Å². The van der Waals surface area contributed by atoms with Crippen LogP contribution in [0.3, 0.4) is 0 Å². The van der Waals surface area contributed by atoms with Gasteiger partial charge in [0, 0.05) is 19.6 Å². The lowest BCUT2D eigenvalue weighted by Gasteiger charge is -2.26. The molecular weight excluding hydrogens is 248 g/mol. The lowest BCUT2D eigenvalue weighted by atomic mass is 9.82. The maximum atomic E-state index is 10.8. The molecule has 0 bridgehead atoms. The third-order valence-electron chi connectivity index (χ3n) is 3.62. The smallest absolute Gasteiger partial charge is 0.306 e. The van der Waals surface area contributed by atoms with Gasteiger partial charge in [0.1, 0.15) is 0 Å². The molecule has 0 aromatic carbocycles. The third kappa shape index (κ3) is 7.12. The van der Waals surface area contributed by atoms with E-state index in [2.05, 4.69) is 10.6 Å². The molecule has 1 fully saturated rings. The number of aliphatic carboxylic acids is 2. The van der Waals surface area contributed by atoms with E-state index in [0.717, 1.165) is 45.3 Å². The molecule has 0 aromatic heterocycles. The summed E-state index contributed by atoms with van der Waals surface area (Å²) in [5.41, 5.74) is 0. The molecule has 6 heteroatoms. The van der Waals surface area contributed by atoms with Crippen LogP contribution in [-0.4, -0.2) is 48.3 Å². The van der Waals surface area contributed by atoms with E-state index < -0.39 is 11.9 Å². The molecule has 1 rings (SSSR count). The first-order valence-corrected chi connectivity index (χ1v) is 6.95. The lowest BCUT2D eigenvalue weighted by Crippen LogP contribution is -2.33. The van der Waals surface area contributed by atoms with Crippen molar-refractivity contribution >= 4 is 11.9 Å². The fraction of sp³-hybridized carbons (Fsp3) is 0.846. The standard InChI is InChI=1S/C13H24N2O4/c16-12(17)5-6-14-7-8-15-9-10-1-3-11(4-2-10)13(18)19/h10-11,14-15H,1-9H2,(H,16,17)(H,18,19). The monoisotopic (exact) mass is 272 g/mol. The van der Waals surface area contributed by atoms with Crippen molar-refractivity contribution in [3.8, 4) is 0 Å². The van der Waals surface area contributed by atoms with Crippen LogP contribution in [0.2, 0.25) is 0 Å². The molecule has 6 nitrogen and oxygen atoms in total. The highest BCUT2D eigenvalue weighted by Gasteiger charge is 2.25. The van der Waals surface area contributed by atoms with Crippen molar-refractivity contribution in [1.82, 2.24) is 10.6 Å². The van der Waals surface area contributed by atoms with Gasteiger partial charge in [0.25, 0.3) is 0 Å². The predicted molar refractivity (Wildman–Crippen MR) is 71.1 cm³/mol. The Hall–Kier alpha value is -1.14. The summed E-state index contributed by atoms with van der Waals surface area (Å²) in [6.45, 7) is 3.00. The molecule has 0 aliphatic heterocycles. The minimum Gasteiger partial charge on any atom is -0.481 e. The zero-order valence-corrected chi connectivity index (χ0v) is 11.2. The zero-order valence-electron chi connectivity index (χ0n) is 11.2. The van der Waals surface area contributed by atoms with E-state index in [9.17, 15) is 9.59 Å². The van der Waals surface area contributed by atoms with Crippen LogP contribution in [0.4, 0.5) is 0 Å². The Morgan fingerprint density at radius 3 is 2.16 bits per heavy atom. The molecule has 0 heterocycles. The van der Waals surface area contributed by atoms with Crippen LogP contribution < -0.4 is 10.6 Å². The Balaban J connectivity index is 1.93. The Bertz CT molecular complexity index is 288. The summed E-state index contributed by atoms with van der Waals surface area (Å²) in [6.07, 6.45) is 3.70. The van der Waals surface area contributed by atoms with E-state index in [1.54, 1.807) is 0 Å². The van der Waals surface area contributed by atoms with E-state index in [1.807, 2.05) is 0 Å². The summed E-state index contributed by atoms with van der Waals surface area (Å²) >= 11 is 0. The van der Waals surface area contributed by atoms with Gasteiger partial charge >= 0.3 is 11.9 Å². The lowest BCUT2D eigenvalue weighted by molar-refractivity contribution is -0.143. The van der Waals surface area contributed by atoms with Crippen LogP contribution in [-0.2, 0) is 9.59 Å². The summed E-state index contributed by atoms with van der Waals surface area (Å²) < 4.78 is 0. The van der Waals surface area contributed by atoms with E-state index in [0.29, 0.717) is 12.5 Å². The molecule has 4 N–H and O–H groups in total. The van der Waals surface area contributed by atoms with Crippen molar-refractivity contribution in [3.63, 3.8) is 0 Å². The van der Waals surface area contributed by atoms with Crippen LogP contribution in [0.5, 0.6) is 0 Å². The quantitative estimate of drug-likeness (QED) is 0.457. The second kappa shape index (κ2) is 8.87. The first-order valence-electron chi connectivity index (χ1n) is 6.95. The van der Waals surface area contributed by atoms with Crippen molar-refractivity contribution in [2.75, 3.05) is 26.2 Å². The highest BCUT2D eigenvalue weighted by Crippen LogP contribution is 2.28. The largest absolute Gasteiger partial charge is 0.481 e. The van der Waals surface area contributed by atoms with Crippen LogP contribution in [0, 0.1) is 11.8 Å². The number of rotatable bonds is 9. The predicted octanol–water partition coefficient (Wildman–Crippen LogP) is 0.531. The highest BCUT2D eigenvalue weighted by atomic mass is 16.4. The minimum absolute atomic E-state index is 0.145. The van der Waals surface area contributed by atoms with Crippen LogP contribution in [0.15, 0.2) is 0 Å². The Morgan fingerprint density at radius 2 is 1.58 bits per heavy atom. The molecule has 19 heavy (non-hydrogen) atoms. The summed E-state index contributed by atoms with van der Waals surface area (Å²) in [5, 5.41) is 23.7. The number of nitrogens with one attached hydrogen (secondary N) is 2. The molecule has 0 aromatic rings. The number of hydrogen-bond acceptors (Lipinski definition) is 4. The fourth-order valence-corrected chi connectivity index (χ4v) is 2.42. The van der Waals surface area contributed by atoms with Crippen molar-refractivity contribution in [2.24, 2.45) is 11.8 Å². The molecular formula is C13H24N2O4. The molecule has 1 aliphatic carbocycles. The minimum atomic E-state index is -0.782. The highest BCUT2D eigenvalue weighted by molar-refractivity contribution is 5.70. The maximum Gasteiger partial charge on any atom is 0.306 e. The van der Waals surface area contributed by atoms with E-state index >= 15 is 0 Å². The van der Waals surface area contributed by atoms with Gasteiger partial charge in [-0.05, 0) is 38.1 Å². The van der Waals surface area contributed by atoms with E-state index in [-0.39, 0.29) is 12.3 Å². The maximum absolute atomic E-state index is 10.8. The van der Waals surface area contributed by atoms with Gasteiger partial charge in [-0.2, -0.15) is 0 Å². The van der Waals surface area contributed by atoms with Crippen molar-refractivity contribution in [1.29, 1.82) is 0 Å². The normalized spacial score (nSPS) is 23.2. The SMILES string of the molecule is O=C(O)CCNCCNCC1CCC(C(=O)O)CC1. The third-order valence-corrected chi connectivity index (χ3v) is 3.62. The van der Waals surface area contributed by atoms with Crippen molar-refractivity contribution in [3.05, 3.63) is 0 Å². The molecule has 0 unspecified atom stereocenters. The summed E-state index contributed by atoms with van der Waals surface area (Å²) in [7, 11) is 0. The average molecular weight is 272 g/mol. The van der Waals surface area contributed by atoms with E-state index in [4.69, 9.17) is 10.2 Å². The van der Waals surface area contributed by atoms with Crippen molar-refractivity contribution < 1.29 is 19.8 Å². The molecule has 1 aliphatic rings. The molecule has 1 saturated carbocycles. The van der Waals surface area contributed by atoms with Gasteiger partial charge in [0.15, 0.2) is 0 Å². The molecule has 0 atom stereocenters. The Kier molecular flexibility index (Phi) is 7.43. The van der Waals surface area contributed by atoms with Crippen LogP contribution >= 0.6 is 0 Å². The number of carbonyl (C=O) groups is 2. The van der Waals surface area contributed by atoms with Gasteiger partial charge in [0.2, 0.25) is 0 Å². The summed E-state index contributed by atoms with van der Waals surface area (Å²) in [5.74, 6) is -1.01. The van der Waals surface area contributed by atoms with Gasteiger partial charge < -0.3 is 20.8 Å². The Morgan fingerprint density at radius 1 is 0.947 bits per heavy atom. The van der Waals surface area contributed by atoms with Gasteiger partial charge in [-0.25, -0.2) is 0 Å². The topological polar surface area (TPSA) is 98.7 Å². The van der Waals surface area contributed by atoms with Gasteiger partial charge in [-0.3, -0.25) is 9.59 Å². The van der Waals surface area contributed by atoms with Gasteiger partial charge in [-0.15, -0.1) is 0 Å². The summed E-state index contributed by atoms with van der Waals surface area (Å²) in [4.78, 5) is 21.1. The van der Waals surface area contributed by atoms with Gasteiger partial charge in [0.05, 0.1) is 12.3 Å². The first-order chi connectivity index (χ1) is 9.09. The van der Waals surface area contributed by atoms with Crippen LogP contribution in [0.25, 0.3) is 0 Å². The first kappa shape index (κ1) is 15.9. The molecule has 0 spiro atoms. The van der Waals surface area contributed by atoms with Crippen LogP contribution in [0.1, 0.15) is 32.1 Å². The number of carboxylic acids is 2. The summed E-state index contributed by atoms with van der Waals surface area (Å²) in [6, 6.07) is 0.